The molecule has 0 spiro atoms. The van der Waals surface area contributed by atoms with Crippen molar-refractivity contribution in [3.8, 4) is 0 Å². The summed E-state index contributed by atoms with van der Waals surface area (Å²) in [5.74, 6) is 1.84. The largest absolute Gasteiger partial charge is 0.313 e. The normalized spacial score (nSPS) is 26.5. The van der Waals surface area contributed by atoms with E-state index in [1.165, 1.54) is 45.1 Å². The third-order valence-electron chi connectivity index (χ3n) is 4.41. The smallest absolute Gasteiger partial charge is 0.00699 e. The first kappa shape index (κ1) is 15.0. The molecule has 1 aliphatic carbocycles. The summed E-state index contributed by atoms with van der Waals surface area (Å²) in [6.45, 7) is 12.9. The first-order valence-corrected chi connectivity index (χ1v) is 7.66. The maximum Gasteiger partial charge on any atom is 0.00699 e. The van der Waals surface area contributed by atoms with Crippen LogP contribution in [-0.4, -0.2) is 12.6 Å². The molecule has 0 aromatic carbocycles. The van der Waals surface area contributed by atoms with Crippen LogP contribution in [0.25, 0.3) is 0 Å². The number of nitrogens with one attached hydrogen (secondary N) is 1. The van der Waals surface area contributed by atoms with E-state index in [9.17, 15) is 0 Å². The highest BCUT2D eigenvalue weighted by atomic mass is 14.9. The molecule has 102 valence electrons. The highest BCUT2D eigenvalue weighted by Crippen LogP contribution is 2.30. The summed E-state index contributed by atoms with van der Waals surface area (Å²) in [7, 11) is 0. The van der Waals surface area contributed by atoms with E-state index in [4.69, 9.17) is 0 Å². The lowest BCUT2D eigenvalue weighted by atomic mass is 9.80. The van der Waals surface area contributed by atoms with Crippen LogP contribution in [0.5, 0.6) is 0 Å². The van der Waals surface area contributed by atoms with E-state index in [1.54, 1.807) is 0 Å². The maximum absolute atomic E-state index is 3.82. The minimum Gasteiger partial charge on any atom is -0.313 e. The highest BCUT2D eigenvalue weighted by molar-refractivity contribution is 4.81. The van der Waals surface area contributed by atoms with Crippen molar-refractivity contribution in [2.45, 2.75) is 79.2 Å². The zero-order chi connectivity index (χ0) is 12.9. The van der Waals surface area contributed by atoms with E-state index in [0.29, 0.717) is 5.41 Å². The Morgan fingerprint density at radius 1 is 1.24 bits per heavy atom. The second kappa shape index (κ2) is 6.78. The average Bonchev–Trinajstić information content (AvgIpc) is 2.26. The van der Waals surface area contributed by atoms with Gasteiger partial charge in [-0.3, -0.25) is 0 Å². The second-order valence-corrected chi connectivity index (χ2v) is 7.26. The zero-order valence-electron chi connectivity index (χ0n) is 12.7. The van der Waals surface area contributed by atoms with Crippen LogP contribution < -0.4 is 5.32 Å². The molecule has 1 saturated carbocycles. The van der Waals surface area contributed by atoms with E-state index in [1.807, 2.05) is 0 Å². The van der Waals surface area contributed by atoms with E-state index in [0.717, 1.165) is 17.9 Å². The lowest BCUT2D eigenvalue weighted by Crippen LogP contribution is -2.39. The number of hydrogen-bond acceptors (Lipinski definition) is 1. The highest BCUT2D eigenvalue weighted by Gasteiger charge is 2.24. The Morgan fingerprint density at radius 3 is 2.53 bits per heavy atom. The Morgan fingerprint density at radius 2 is 1.94 bits per heavy atom. The van der Waals surface area contributed by atoms with Gasteiger partial charge in [-0.25, -0.2) is 0 Å². The Hall–Kier alpha value is -0.0400. The molecule has 1 heteroatoms. The van der Waals surface area contributed by atoms with Gasteiger partial charge in [0.2, 0.25) is 0 Å². The molecule has 1 N–H and O–H groups in total. The van der Waals surface area contributed by atoms with Crippen molar-refractivity contribution in [1.29, 1.82) is 0 Å². The van der Waals surface area contributed by atoms with Gasteiger partial charge in [0, 0.05) is 12.6 Å². The molecule has 0 aromatic rings. The van der Waals surface area contributed by atoms with Crippen LogP contribution in [-0.2, 0) is 0 Å². The minimum absolute atomic E-state index is 0.463. The molecule has 0 amide bonds. The average molecular weight is 239 g/mol. The Balaban J connectivity index is 2.29. The van der Waals surface area contributed by atoms with E-state index in [2.05, 4.69) is 39.9 Å². The van der Waals surface area contributed by atoms with Gasteiger partial charge < -0.3 is 5.32 Å². The van der Waals surface area contributed by atoms with Gasteiger partial charge >= 0.3 is 0 Å². The predicted molar refractivity (Wildman–Crippen MR) is 77.3 cm³/mol. The van der Waals surface area contributed by atoms with Crippen molar-refractivity contribution in [1.82, 2.24) is 5.32 Å². The van der Waals surface area contributed by atoms with E-state index < -0.39 is 0 Å². The molecular formula is C16H33N. The van der Waals surface area contributed by atoms with Crippen molar-refractivity contribution in [2.75, 3.05) is 6.54 Å². The molecule has 0 heterocycles. The fourth-order valence-electron chi connectivity index (χ4n) is 2.90. The molecule has 1 rings (SSSR count). The Kier molecular flexibility index (Phi) is 5.99. The predicted octanol–water partition coefficient (Wildman–Crippen LogP) is 4.62. The van der Waals surface area contributed by atoms with Crippen LogP contribution >= 0.6 is 0 Å². The van der Waals surface area contributed by atoms with Crippen LogP contribution in [0.4, 0.5) is 0 Å². The third-order valence-corrected chi connectivity index (χ3v) is 4.41. The molecule has 17 heavy (non-hydrogen) atoms. The summed E-state index contributed by atoms with van der Waals surface area (Å²) in [4.78, 5) is 0. The monoisotopic (exact) mass is 239 g/mol. The van der Waals surface area contributed by atoms with Gasteiger partial charge in [0.15, 0.2) is 0 Å². The van der Waals surface area contributed by atoms with Gasteiger partial charge in [-0.2, -0.15) is 0 Å². The summed E-state index contributed by atoms with van der Waals surface area (Å²) in [6, 6.07) is 0.790. The Bertz CT molecular complexity index is 208. The molecule has 0 aliphatic heterocycles. The number of hydrogen-bond donors (Lipinski definition) is 1. The molecule has 2 unspecified atom stereocenters. The fourth-order valence-corrected chi connectivity index (χ4v) is 2.90. The van der Waals surface area contributed by atoms with Crippen molar-refractivity contribution in [3.05, 3.63) is 0 Å². The summed E-state index contributed by atoms with van der Waals surface area (Å²) in [6.07, 6.45) is 8.40. The van der Waals surface area contributed by atoms with E-state index in [-0.39, 0.29) is 0 Å². The number of rotatable bonds is 6. The molecule has 2 atom stereocenters. The van der Waals surface area contributed by atoms with E-state index >= 15 is 0 Å². The summed E-state index contributed by atoms with van der Waals surface area (Å²) in [5, 5.41) is 3.82. The van der Waals surface area contributed by atoms with Crippen molar-refractivity contribution in [2.24, 2.45) is 17.3 Å². The minimum atomic E-state index is 0.463. The second-order valence-electron chi connectivity index (χ2n) is 7.26. The third kappa shape index (κ3) is 5.90. The topological polar surface area (TPSA) is 12.0 Å². The van der Waals surface area contributed by atoms with Gasteiger partial charge in [-0.1, -0.05) is 47.5 Å². The molecule has 0 radical (unpaired) electrons. The van der Waals surface area contributed by atoms with Gasteiger partial charge in [0.05, 0.1) is 0 Å². The lowest BCUT2D eigenvalue weighted by Gasteiger charge is -2.33. The van der Waals surface area contributed by atoms with Gasteiger partial charge in [0.1, 0.15) is 0 Å². The fraction of sp³-hybridized carbons (Fsp3) is 1.00. The molecule has 1 fully saturated rings. The summed E-state index contributed by atoms with van der Waals surface area (Å²) >= 11 is 0. The van der Waals surface area contributed by atoms with Crippen molar-refractivity contribution >= 4 is 0 Å². The molecular weight excluding hydrogens is 206 g/mol. The van der Waals surface area contributed by atoms with Crippen LogP contribution in [0.3, 0.4) is 0 Å². The van der Waals surface area contributed by atoms with Gasteiger partial charge in [0.25, 0.3) is 0 Å². The molecule has 0 aromatic heterocycles. The standard InChI is InChI=1S/C16H33N/c1-6-16(4,5)12-17-15-9-7-8-14(11-15)10-13(2)3/h13-15,17H,6-12H2,1-5H3. The Labute approximate surface area is 109 Å². The van der Waals surface area contributed by atoms with Crippen LogP contribution in [0.15, 0.2) is 0 Å². The molecule has 0 bridgehead atoms. The molecule has 1 nitrogen and oxygen atoms in total. The van der Waals surface area contributed by atoms with Crippen LogP contribution in [0, 0.1) is 17.3 Å². The van der Waals surface area contributed by atoms with Crippen LogP contribution in [0.1, 0.15) is 73.1 Å². The van der Waals surface area contributed by atoms with Gasteiger partial charge in [-0.15, -0.1) is 0 Å². The molecule has 0 saturated heterocycles. The first-order valence-electron chi connectivity index (χ1n) is 7.66. The SMILES string of the molecule is CCC(C)(C)CNC1CCCC(CC(C)C)C1. The maximum atomic E-state index is 3.82. The summed E-state index contributed by atoms with van der Waals surface area (Å²) < 4.78 is 0. The quantitative estimate of drug-likeness (QED) is 0.713. The first-order chi connectivity index (χ1) is 7.93. The zero-order valence-corrected chi connectivity index (χ0v) is 12.7. The lowest BCUT2D eigenvalue weighted by molar-refractivity contribution is 0.227. The van der Waals surface area contributed by atoms with Crippen LogP contribution in [0.2, 0.25) is 0 Å². The van der Waals surface area contributed by atoms with Crippen molar-refractivity contribution < 1.29 is 0 Å². The molecule has 1 aliphatic rings. The summed E-state index contributed by atoms with van der Waals surface area (Å²) in [5.41, 5.74) is 0.463. The van der Waals surface area contributed by atoms with Crippen molar-refractivity contribution in [3.63, 3.8) is 0 Å². The van der Waals surface area contributed by atoms with Gasteiger partial charge in [-0.05, 0) is 42.9 Å².